The molecule has 1 unspecified atom stereocenters. The van der Waals surface area contributed by atoms with Crippen LogP contribution in [0.25, 0.3) is 0 Å². The second kappa shape index (κ2) is 11.0. The maximum atomic E-state index is 12.2. The Balaban J connectivity index is 1.86. The predicted octanol–water partition coefficient (Wildman–Crippen LogP) is 3.86. The van der Waals surface area contributed by atoms with Gasteiger partial charge >= 0.3 is 0 Å². The molecule has 7 heteroatoms. The number of rotatable bonds is 9. The van der Waals surface area contributed by atoms with Gasteiger partial charge in [-0.3, -0.25) is 14.4 Å². The highest BCUT2D eigenvalue weighted by molar-refractivity contribution is 5.96. The van der Waals surface area contributed by atoms with E-state index in [2.05, 4.69) is 21.3 Å². The van der Waals surface area contributed by atoms with Gasteiger partial charge in [-0.15, -0.1) is 0 Å². The molecule has 1 atom stereocenters. The normalized spacial score (nSPS) is 11.5. The Bertz CT molecular complexity index is 878. The highest BCUT2D eigenvalue weighted by Crippen LogP contribution is 2.16. The number of carbonyl (C=O) groups excluding carboxylic acids is 3. The van der Waals surface area contributed by atoms with Crippen LogP contribution in [0, 0.1) is 5.92 Å². The Morgan fingerprint density at radius 1 is 0.867 bits per heavy atom. The smallest absolute Gasteiger partial charge is 0.251 e. The summed E-state index contributed by atoms with van der Waals surface area (Å²) in [5, 5.41) is 11.5. The van der Waals surface area contributed by atoms with E-state index in [1.807, 2.05) is 27.7 Å². The zero-order valence-corrected chi connectivity index (χ0v) is 17.9. The Morgan fingerprint density at radius 3 is 2.10 bits per heavy atom. The lowest BCUT2D eigenvalue weighted by Crippen LogP contribution is -2.31. The maximum absolute atomic E-state index is 12.2. The molecular formula is C23H30N4O3. The number of carbonyl (C=O) groups is 3. The molecule has 0 saturated heterocycles. The molecule has 4 N–H and O–H groups in total. The van der Waals surface area contributed by atoms with E-state index in [1.54, 1.807) is 48.5 Å². The van der Waals surface area contributed by atoms with Gasteiger partial charge in [-0.05, 0) is 55.8 Å². The van der Waals surface area contributed by atoms with Crippen molar-refractivity contribution in [3.63, 3.8) is 0 Å². The summed E-state index contributed by atoms with van der Waals surface area (Å²) in [6.45, 7) is 7.68. The van der Waals surface area contributed by atoms with Crippen molar-refractivity contribution in [2.45, 2.75) is 40.2 Å². The van der Waals surface area contributed by atoms with Crippen molar-refractivity contribution in [1.29, 1.82) is 0 Å². The van der Waals surface area contributed by atoms with Gasteiger partial charge in [0.1, 0.15) is 0 Å². The van der Waals surface area contributed by atoms with Gasteiger partial charge in [-0.1, -0.05) is 26.8 Å². The molecule has 0 heterocycles. The second-order valence-corrected chi connectivity index (χ2v) is 7.49. The average molecular weight is 411 g/mol. The van der Waals surface area contributed by atoms with Crippen molar-refractivity contribution in [1.82, 2.24) is 5.32 Å². The van der Waals surface area contributed by atoms with E-state index >= 15 is 0 Å². The van der Waals surface area contributed by atoms with Gasteiger partial charge in [0.2, 0.25) is 11.8 Å². The molecule has 2 aromatic rings. The van der Waals surface area contributed by atoms with E-state index in [9.17, 15) is 14.4 Å². The summed E-state index contributed by atoms with van der Waals surface area (Å²) in [5.74, 6) is -0.541. The number of benzene rings is 2. The van der Waals surface area contributed by atoms with Crippen LogP contribution in [0.5, 0.6) is 0 Å². The summed E-state index contributed by atoms with van der Waals surface area (Å²) >= 11 is 0. The highest BCUT2D eigenvalue weighted by atomic mass is 16.2. The average Bonchev–Trinajstić information content (AvgIpc) is 2.72. The van der Waals surface area contributed by atoms with Crippen LogP contribution in [0.1, 0.15) is 44.5 Å². The van der Waals surface area contributed by atoms with Gasteiger partial charge in [0.15, 0.2) is 0 Å². The molecule has 2 aromatic carbocycles. The fourth-order valence-electron chi connectivity index (χ4n) is 2.50. The molecule has 0 aromatic heterocycles. The lowest BCUT2D eigenvalue weighted by atomic mass is 10.1. The van der Waals surface area contributed by atoms with Crippen LogP contribution in [0.3, 0.4) is 0 Å². The molecule has 30 heavy (non-hydrogen) atoms. The molecule has 0 aliphatic carbocycles. The lowest BCUT2D eigenvalue weighted by molar-refractivity contribution is -0.119. The van der Waals surface area contributed by atoms with Crippen molar-refractivity contribution >= 4 is 34.8 Å². The van der Waals surface area contributed by atoms with Gasteiger partial charge in [-0.25, -0.2) is 0 Å². The Labute approximate surface area is 177 Å². The van der Waals surface area contributed by atoms with Crippen LogP contribution in [0.4, 0.5) is 17.1 Å². The number of amides is 3. The van der Waals surface area contributed by atoms with Crippen LogP contribution >= 0.6 is 0 Å². The van der Waals surface area contributed by atoms with Crippen molar-refractivity contribution in [2.24, 2.45) is 5.92 Å². The van der Waals surface area contributed by atoms with Gasteiger partial charge in [-0.2, -0.15) is 0 Å². The topological polar surface area (TPSA) is 99.3 Å². The molecule has 0 bridgehead atoms. The minimum atomic E-state index is -0.221. The first-order valence-electron chi connectivity index (χ1n) is 10.1. The van der Waals surface area contributed by atoms with Crippen LogP contribution in [0.2, 0.25) is 0 Å². The van der Waals surface area contributed by atoms with Crippen molar-refractivity contribution in [3.8, 4) is 0 Å². The van der Waals surface area contributed by atoms with Crippen LogP contribution in [-0.2, 0) is 9.59 Å². The number of hydrogen-bond acceptors (Lipinski definition) is 4. The van der Waals surface area contributed by atoms with Crippen LogP contribution in [0.15, 0.2) is 48.5 Å². The highest BCUT2D eigenvalue weighted by Gasteiger charge is 2.10. The quantitative estimate of drug-likeness (QED) is 0.504. The van der Waals surface area contributed by atoms with E-state index < -0.39 is 0 Å². The van der Waals surface area contributed by atoms with Gasteiger partial charge < -0.3 is 21.3 Å². The largest absolute Gasteiger partial charge is 0.376 e. The molecule has 3 amide bonds. The van der Waals surface area contributed by atoms with Crippen molar-refractivity contribution in [2.75, 3.05) is 22.5 Å². The summed E-state index contributed by atoms with van der Waals surface area (Å²) in [6.07, 6.45) is 0.869. The monoisotopic (exact) mass is 410 g/mol. The van der Waals surface area contributed by atoms with E-state index in [0.29, 0.717) is 16.9 Å². The van der Waals surface area contributed by atoms with Crippen LogP contribution < -0.4 is 21.3 Å². The first-order valence-corrected chi connectivity index (χ1v) is 10.1. The predicted molar refractivity (Wildman–Crippen MR) is 121 cm³/mol. The molecular weight excluding hydrogens is 380 g/mol. The summed E-state index contributed by atoms with van der Waals surface area (Å²) in [4.78, 5) is 36.1. The van der Waals surface area contributed by atoms with Crippen molar-refractivity contribution in [3.05, 3.63) is 54.1 Å². The number of nitrogens with one attached hydrogen (secondary N) is 4. The molecule has 0 aliphatic rings. The first kappa shape index (κ1) is 22.9. The summed E-state index contributed by atoms with van der Waals surface area (Å²) < 4.78 is 0. The van der Waals surface area contributed by atoms with E-state index in [-0.39, 0.29) is 36.2 Å². The van der Waals surface area contributed by atoms with E-state index in [0.717, 1.165) is 12.1 Å². The Hall–Kier alpha value is -3.35. The maximum Gasteiger partial charge on any atom is 0.251 e. The lowest BCUT2D eigenvalue weighted by Gasteiger charge is -2.12. The number of anilines is 3. The Morgan fingerprint density at radius 2 is 1.50 bits per heavy atom. The van der Waals surface area contributed by atoms with E-state index in [4.69, 9.17) is 0 Å². The molecule has 0 fully saturated rings. The Kier molecular flexibility index (Phi) is 8.41. The van der Waals surface area contributed by atoms with Crippen molar-refractivity contribution < 1.29 is 14.4 Å². The molecule has 0 saturated carbocycles. The zero-order chi connectivity index (χ0) is 22.1. The minimum absolute atomic E-state index is 0.0704. The second-order valence-electron chi connectivity index (χ2n) is 7.49. The fraction of sp³-hybridized carbons (Fsp3) is 0.348. The SMILES string of the molecule is CCC(C)NC(=O)c1ccc(NCC(=O)Nc2cccc(NC(=O)C(C)C)c2)cc1. The summed E-state index contributed by atoms with van der Waals surface area (Å²) in [6, 6.07) is 14.1. The fourth-order valence-corrected chi connectivity index (χ4v) is 2.50. The first-order chi connectivity index (χ1) is 14.3. The molecule has 0 radical (unpaired) electrons. The number of hydrogen-bond donors (Lipinski definition) is 4. The third-order valence-corrected chi connectivity index (χ3v) is 4.53. The zero-order valence-electron chi connectivity index (χ0n) is 17.9. The molecule has 0 aliphatic heterocycles. The van der Waals surface area contributed by atoms with E-state index in [1.165, 1.54) is 0 Å². The molecule has 7 nitrogen and oxygen atoms in total. The third-order valence-electron chi connectivity index (χ3n) is 4.53. The van der Waals surface area contributed by atoms with Gasteiger partial charge in [0.05, 0.1) is 6.54 Å². The summed E-state index contributed by atoms with van der Waals surface area (Å²) in [7, 11) is 0. The molecule has 160 valence electrons. The minimum Gasteiger partial charge on any atom is -0.376 e. The molecule has 0 spiro atoms. The van der Waals surface area contributed by atoms with Crippen LogP contribution in [-0.4, -0.2) is 30.3 Å². The summed E-state index contributed by atoms with van der Waals surface area (Å²) in [5.41, 5.74) is 2.54. The third kappa shape index (κ3) is 7.24. The molecule has 2 rings (SSSR count). The van der Waals surface area contributed by atoms with Gasteiger partial charge in [0, 0.05) is 34.6 Å². The van der Waals surface area contributed by atoms with Gasteiger partial charge in [0.25, 0.3) is 5.91 Å². The standard InChI is InChI=1S/C23H30N4O3/c1-5-16(4)25-23(30)17-9-11-18(12-10-17)24-14-21(28)26-19-7-6-8-20(13-19)27-22(29)15(2)3/h6-13,15-16,24H,5,14H2,1-4H3,(H,25,30)(H,26,28)(H,27,29).